The lowest BCUT2D eigenvalue weighted by Gasteiger charge is -2.42. The van der Waals surface area contributed by atoms with Crippen LogP contribution in [-0.4, -0.2) is 35.1 Å². The van der Waals surface area contributed by atoms with Crippen LogP contribution in [0, 0.1) is 12.8 Å². The molecule has 0 aliphatic carbocycles. The van der Waals surface area contributed by atoms with Gasteiger partial charge in [0, 0.05) is 48.8 Å². The minimum atomic E-state index is -0.536. The van der Waals surface area contributed by atoms with Crippen molar-refractivity contribution in [2.24, 2.45) is 5.92 Å². The Hall–Kier alpha value is -3.32. The molecule has 182 valence electrons. The number of likely N-dealkylation sites (tertiary alicyclic amines) is 1. The molecule has 2 atom stereocenters. The maximum absolute atomic E-state index is 13.3. The summed E-state index contributed by atoms with van der Waals surface area (Å²) in [6.07, 6.45) is 0.912. The van der Waals surface area contributed by atoms with Crippen LogP contribution in [0.1, 0.15) is 36.1 Å². The van der Waals surface area contributed by atoms with Gasteiger partial charge in [-0.3, -0.25) is 9.59 Å². The van der Waals surface area contributed by atoms with E-state index in [1.165, 1.54) is 0 Å². The summed E-state index contributed by atoms with van der Waals surface area (Å²) >= 11 is 6.41. The zero-order valence-corrected chi connectivity index (χ0v) is 20.6. The van der Waals surface area contributed by atoms with Crippen LogP contribution in [0.3, 0.4) is 0 Å². The maximum atomic E-state index is 13.3. The first-order valence-electron chi connectivity index (χ1n) is 11.7. The molecule has 35 heavy (non-hydrogen) atoms. The molecule has 0 spiro atoms. The van der Waals surface area contributed by atoms with E-state index >= 15 is 0 Å². The summed E-state index contributed by atoms with van der Waals surface area (Å²) in [6.45, 7) is 9.48. The number of carbonyl (C=O) groups excluding carboxylic acids is 1. The van der Waals surface area contributed by atoms with E-state index in [1.807, 2.05) is 22.5 Å². The molecule has 2 aliphatic rings. The maximum Gasteiger partial charge on any atom is 0.340 e. The molecule has 8 heteroatoms. The number of piperidine rings is 1. The molecular formula is C27H27ClN2O5. The number of carbonyl (C=O) groups is 1. The van der Waals surface area contributed by atoms with Crippen LogP contribution in [0.5, 0.6) is 5.75 Å². The second-order valence-electron chi connectivity index (χ2n) is 9.69. The van der Waals surface area contributed by atoms with Crippen molar-refractivity contribution in [3.05, 3.63) is 85.1 Å². The van der Waals surface area contributed by atoms with Gasteiger partial charge < -0.3 is 18.6 Å². The quantitative estimate of drug-likeness (QED) is 0.394. The fourth-order valence-corrected chi connectivity index (χ4v) is 5.49. The highest BCUT2D eigenvalue weighted by molar-refractivity contribution is 6.32. The van der Waals surface area contributed by atoms with Gasteiger partial charge >= 0.3 is 5.63 Å². The Morgan fingerprint density at radius 1 is 1.23 bits per heavy atom. The average Bonchev–Trinajstić information content (AvgIpc) is 2.81. The molecule has 0 saturated carbocycles. The highest BCUT2D eigenvalue weighted by Crippen LogP contribution is 2.36. The van der Waals surface area contributed by atoms with Crippen molar-refractivity contribution in [3.63, 3.8) is 0 Å². The van der Waals surface area contributed by atoms with E-state index in [2.05, 4.69) is 6.58 Å². The van der Waals surface area contributed by atoms with Crippen molar-refractivity contribution >= 4 is 28.5 Å². The Bertz CT molecular complexity index is 1470. The average molecular weight is 495 g/mol. The SMILES string of the molecule is C=C(C)COc1cc2oc(=O)c(CC(=O)N3C[C@@H]4C[C@H](C3)c3cccc(=O)n3C4)c(C)c2cc1Cl. The number of halogens is 1. The molecule has 2 aliphatic heterocycles. The van der Waals surface area contributed by atoms with Crippen molar-refractivity contribution in [1.82, 2.24) is 9.47 Å². The second-order valence-corrected chi connectivity index (χ2v) is 10.1. The lowest BCUT2D eigenvalue weighted by atomic mass is 9.83. The van der Waals surface area contributed by atoms with E-state index in [9.17, 15) is 14.4 Å². The van der Waals surface area contributed by atoms with E-state index in [0.717, 1.165) is 17.7 Å². The molecule has 0 unspecified atom stereocenters. The fraction of sp³-hybridized carbons (Fsp3) is 0.370. The van der Waals surface area contributed by atoms with Crippen molar-refractivity contribution in [2.75, 3.05) is 19.7 Å². The lowest BCUT2D eigenvalue weighted by Crippen LogP contribution is -2.49. The molecule has 4 heterocycles. The third-order valence-electron chi connectivity index (χ3n) is 6.97. The van der Waals surface area contributed by atoms with Crippen LogP contribution in [0.4, 0.5) is 0 Å². The van der Waals surface area contributed by atoms with Gasteiger partial charge in [-0.1, -0.05) is 24.2 Å². The number of aromatic nitrogens is 1. The van der Waals surface area contributed by atoms with Gasteiger partial charge in [-0.05, 0) is 49.5 Å². The summed E-state index contributed by atoms with van der Waals surface area (Å²) in [4.78, 5) is 40.3. The molecule has 1 saturated heterocycles. The topological polar surface area (TPSA) is 81.8 Å². The van der Waals surface area contributed by atoms with Gasteiger partial charge in [0.05, 0.1) is 17.0 Å². The number of pyridine rings is 1. The van der Waals surface area contributed by atoms with Gasteiger partial charge in [-0.2, -0.15) is 0 Å². The Morgan fingerprint density at radius 2 is 2.03 bits per heavy atom. The van der Waals surface area contributed by atoms with Crippen LogP contribution in [-0.2, 0) is 17.8 Å². The number of fused-ring (bicyclic) bond motifs is 5. The molecule has 0 N–H and O–H groups in total. The minimum absolute atomic E-state index is 0.00761. The van der Waals surface area contributed by atoms with Crippen LogP contribution >= 0.6 is 11.6 Å². The van der Waals surface area contributed by atoms with Gasteiger partial charge in [0.2, 0.25) is 5.91 Å². The highest BCUT2D eigenvalue weighted by atomic mass is 35.5. The van der Waals surface area contributed by atoms with E-state index in [-0.39, 0.29) is 29.7 Å². The number of aryl methyl sites for hydroxylation is 1. The van der Waals surface area contributed by atoms with Crippen LogP contribution in [0.2, 0.25) is 5.02 Å². The number of hydrogen-bond donors (Lipinski definition) is 0. The van der Waals surface area contributed by atoms with E-state index in [1.54, 1.807) is 31.2 Å². The summed E-state index contributed by atoms with van der Waals surface area (Å²) < 4.78 is 13.1. The van der Waals surface area contributed by atoms with Crippen molar-refractivity contribution in [3.8, 4) is 5.75 Å². The zero-order chi connectivity index (χ0) is 24.9. The predicted molar refractivity (Wildman–Crippen MR) is 134 cm³/mol. The van der Waals surface area contributed by atoms with Crippen LogP contribution < -0.4 is 15.9 Å². The molecule has 2 aromatic heterocycles. The smallest absolute Gasteiger partial charge is 0.340 e. The van der Waals surface area contributed by atoms with E-state index < -0.39 is 5.63 Å². The van der Waals surface area contributed by atoms with E-state index in [0.29, 0.717) is 59.1 Å². The van der Waals surface area contributed by atoms with Gasteiger partial charge in [0.1, 0.15) is 17.9 Å². The third-order valence-corrected chi connectivity index (χ3v) is 7.27. The third kappa shape index (κ3) is 4.41. The Balaban J connectivity index is 1.40. The monoisotopic (exact) mass is 494 g/mol. The first kappa shape index (κ1) is 23.4. The first-order chi connectivity index (χ1) is 16.7. The Morgan fingerprint density at radius 3 is 2.80 bits per heavy atom. The summed E-state index contributed by atoms with van der Waals surface area (Å²) in [5.41, 5.74) is 2.66. The minimum Gasteiger partial charge on any atom is -0.488 e. The molecule has 1 fully saturated rings. The van der Waals surface area contributed by atoms with Gasteiger partial charge in [0.25, 0.3) is 5.56 Å². The summed E-state index contributed by atoms with van der Waals surface area (Å²) in [7, 11) is 0. The molecular weight excluding hydrogens is 468 g/mol. The predicted octanol–water partition coefficient (Wildman–Crippen LogP) is 4.06. The number of nitrogens with zero attached hydrogens (tertiary/aromatic N) is 2. The molecule has 1 aromatic carbocycles. The standard InChI is InChI=1S/C27H27ClN2O5/c1-15(2)14-34-24-10-23-19(8-21(24)28)16(3)20(27(33)35-23)9-26(32)29-11-17-7-18(13-29)22-5-4-6-25(31)30(22)12-17/h4-6,8,10,17-18H,1,7,9,11-14H2,2-3H3/t17-,18+/m0/s1. The number of hydrogen-bond acceptors (Lipinski definition) is 5. The number of amides is 1. The zero-order valence-electron chi connectivity index (χ0n) is 19.8. The summed E-state index contributed by atoms with van der Waals surface area (Å²) in [5.74, 6) is 0.628. The summed E-state index contributed by atoms with van der Waals surface area (Å²) in [5, 5.41) is 1.06. The molecule has 0 radical (unpaired) electrons. The normalized spacial score (nSPS) is 18.9. The second kappa shape index (κ2) is 9.04. The summed E-state index contributed by atoms with van der Waals surface area (Å²) in [6, 6.07) is 8.63. The molecule has 2 bridgehead atoms. The highest BCUT2D eigenvalue weighted by Gasteiger charge is 2.36. The largest absolute Gasteiger partial charge is 0.488 e. The van der Waals surface area contributed by atoms with Gasteiger partial charge in [-0.15, -0.1) is 0 Å². The van der Waals surface area contributed by atoms with Crippen molar-refractivity contribution in [1.29, 1.82) is 0 Å². The van der Waals surface area contributed by atoms with E-state index in [4.69, 9.17) is 20.8 Å². The molecule has 1 amide bonds. The molecule has 5 rings (SSSR count). The first-order valence-corrected chi connectivity index (χ1v) is 12.1. The van der Waals surface area contributed by atoms with Gasteiger partial charge in [0.15, 0.2) is 0 Å². The van der Waals surface area contributed by atoms with Crippen molar-refractivity contribution < 1.29 is 13.9 Å². The Labute approximate surface area is 207 Å². The molecule has 3 aromatic rings. The number of benzene rings is 1. The van der Waals surface area contributed by atoms with Crippen LogP contribution in [0.25, 0.3) is 11.0 Å². The lowest BCUT2D eigenvalue weighted by molar-refractivity contribution is -0.133. The fourth-order valence-electron chi connectivity index (χ4n) is 5.27. The van der Waals surface area contributed by atoms with Crippen molar-refractivity contribution in [2.45, 2.75) is 39.2 Å². The van der Waals surface area contributed by atoms with Gasteiger partial charge in [-0.25, -0.2) is 4.79 Å². The van der Waals surface area contributed by atoms with Crippen LogP contribution in [0.15, 0.2) is 56.5 Å². The Kier molecular flexibility index (Phi) is 6.05. The number of rotatable bonds is 5. The number of ether oxygens (including phenoxy) is 1. The molecule has 7 nitrogen and oxygen atoms in total.